The molecule has 4 rings (SSSR count). The Morgan fingerprint density at radius 3 is 2.81 bits per heavy atom. The first-order chi connectivity index (χ1) is 13.0. The van der Waals surface area contributed by atoms with E-state index in [9.17, 15) is 9.59 Å². The Hall–Kier alpha value is -3.41. The van der Waals surface area contributed by atoms with Crippen LogP contribution >= 0.6 is 0 Å². The van der Waals surface area contributed by atoms with E-state index in [2.05, 4.69) is 16.4 Å². The van der Waals surface area contributed by atoms with Gasteiger partial charge < -0.3 is 9.73 Å². The summed E-state index contributed by atoms with van der Waals surface area (Å²) in [4.78, 5) is 29.3. The summed E-state index contributed by atoms with van der Waals surface area (Å²) in [6, 6.07) is 13.4. The van der Waals surface area contributed by atoms with Gasteiger partial charge in [0.1, 0.15) is 17.6 Å². The van der Waals surface area contributed by atoms with Crippen LogP contribution in [-0.2, 0) is 17.9 Å². The zero-order valence-electron chi connectivity index (χ0n) is 15.2. The zero-order valence-corrected chi connectivity index (χ0v) is 15.2. The average Bonchev–Trinajstić information content (AvgIpc) is 3.03. The van der Waals surface area contributed by atoms with Crippen molar-refractivity contribution in [2.45, 2.75) is 26.9 Å². The smallest absolute Gasteiger partial charge is 0.297 e. The van der Waals surface area contributed by atoms with E-state index in [0.29, 0.717) is 17.6 Å². The summed E-state index contributed by atoms with van der Waals surface area (Å²) in [5.41, 5.74) is 4.28. The zero-order chi connectivity index (χ0) is 19.0. The van der Waals surface area contributed by atoms with Crippen LogP contribution in [0.15, 0.2) is 58.0 Å². The van der Waals surface area contributed by atoms with Gasteiger partial charge in [-0.2, -0.15) is 0 Å². The summed E-state index contributed by atoms with van der Waals surface area (Å²) in [5.74, 6) is -0.255. The monoisotopic (exact) mass is 361 g/mol. The number of hydrogen-bond donors (Lipinski definition) is 1. The number of carbonyl (C=O) groups is 1. The summed E-state index contributed by atoms with van der Waals surface area (Å²) in [7, 11) is 0. The lowest BCUT2D eigenvalue weighted by atomic mass is 10.1. The molecule has 0 saturated carbocycles. The third-order valence-electron chi connectivity index (χ3n) is 4.64. The number of hydrogen-bond acceptors (Lipinski definition) is 4. The first-order valence-corrected chi connectivity index (χ1v) is 8.72. The average molecular weight is 361 g/mol. The summed E-state index contributed by atoms with van der Waals surface area (Å²) in [6.45, 7) is 4.35. The number of rotatable bonds is 4. The Bertz CT molecular complexity index is 1220. The van der Waals surface area contributed by atoms with Crippen molar-refractivity contribution in [2.24, 2.45) is 0 Å². The molecule has 0 spiro atoms. The molecule has 1 amide bonds. The second-order valence-electron chi connectivity index (χ2n) is 6.66. The Kier molecular flexibility index (Phi) is 4.24. The van der Waals surface area contributed by atoms with Crippen LogP contribution in [0.1, 0.15) is 16.7 Å². The standard InChI is InChI=1S/C21H19N3O3/c1-13-7-8-15(14(2)9-13)10-22-18(25)11-24-12-23-19-16-5-3-4-6-17(16)27-20(19)21(24)26/h3-9,12H,10-11H2,1-2H3,(H,22,25). The molecule has 0 fully saturated rings. The number of carbonyl (C=O) groups excluding carboxylic acids is 1. The van der Waals surface area contributed by atoms with E-state index in [1.165, 1.54) is 16.5 Å². The third-order valence-corrected chi connectivity index (χ3v) is 4.64. The highest BCUT2D eigenvalue weighted by Gasteiger charge is 2.14. The Morgan fingerprint density at radius 2 is 2.00 bits per heavy atom. The Balaban J connectivity index is 1.54. The van der Waals surface area contributed by atoms with Crippen molar-refractivity contribution in [1.29, 1.82) is 0 Å². The molecule has 0 unspecified atom stereocenters. The minimum atomic E-state index is -0.363. The molecule has 0 saturated heterocycles. The molecule has 2 aromatic heterocycles. The van der Waals surface area contributed by atoms with Crippen LogP contribution in [0.3, 0.4) is 0 Å². The molecular formula is C21H19N3O3. The van der Waals surface area contributed by atoms with E-state index in [1.807, 2.05) is 44.2 Å². The van der Waals surface area contributed by atoms with Gasteiger partial charge in [0.05, 0.1) is 6.33 Å². The normalized spacial score (nSPS) is 11.2. The van der Waals surface area contributed by atoms with E-state index in [4.69, 9.17) is 4.42 Å². The number of furan rings is 1. The van der Waals surface area contributed by atoms with E-state index < -0.39 is 0 Å². The van der Waals surface area contributed by atoms with Gasteiger partial charge in [0.15, 0.2) is 0 Å². The summed E-state index contributed by atoms with van der Waals surface area (Å²) < 4.78 is 6.90. The fourth-order valence-electron chi connectivity index (χ4n) is 3.18. The van der Waals surface area contributed by atoms with E-state index in [-0.39, 0.29) is 23.6 Å². The molecule has 6 heteroatoms. The summed E-state index contributed by atoms with van der Waals surface area (Å²) in [5, 5.41) is 3.64. The van der Waals surface area contributed by atoms with Gasteiger partial charge in [0.25, 0.3) is 5.56 Å². The van der Waals surface area contributed by atoms with Crippen LogP contribution in [-0.4, -0.2) is 15.5 Å². The SMILES string of the molecule is Cc1ccc(CNC(=O)Cn2cnc3c(oc4ccccc43)c2=O)c(C)c1. The molecule has 0 aliphatic heterocycles. The quantitative estimate of drug-likeness (QED) is 0.606. The lowest BCUT2D eigenvalue weighted by molar-refractivity contribution is -0.121. The molecule has 0 atom stereocenters. The third kappa shape index (κ3) is 3.21. The van der Waals surface area contributed by atoms with Crippen LogP contribution in [0.4, 0.5) is 0 Å². The van der Waals surface area contributed by atoms with Crippen LogP contribution in [0.2, 0.25) is 0 Å². The maximum absolute atomic E-state index is 12.6. The molecular weight excluding hydrogens is 342 g/mol. The van der Waals surface area contributed by atoms with E-state index in [0.717, 1.165) is 16.5 Å². The van der Waals surface area contributed by atoms with E-state index in [1.54, 1.807) is 6.07 Å². The van der Waals surface area contributed by atoms with Gasteiger partial charge in [0, 0.05) is 11.9 Å². The number of amides is 1. The summed E-state index contributed by atoms with van der Waals surface area (Å²) in [6.07, 6.45) is 1.39. The second-order valence-corrected chi connectivity index (χ2v) is 6.66. The van der Waals surface area contributed by atoms with Crippen molar-refractivity contribution >= 4 is 28.0 Å². The highest BCUT2D eigenvalue weighted by atomic mass is 16.3. The number of aromatic nitrogens is 2. The molecule has 0 aliphatic rings. The topological polar surface area (TPSA) is 77.1 Å². The molecule has 6 nitrogen and oxygen atoms in total. The van der Waals surface area contributed by atoms with Crippen molar-refractivity contribution < 1.29 is 9.21 Å². The van der Waals surface area contributed by atoms with Gasteiger partial charge in [-0.15, -0.1) is 0 Å². The predicted octanol–water partition coefficient (Wildman–Crippen LogP) is 3.08. The van der Waals surface area contributed by atoms with Crippen molar-refractivity contribution in [3.8, 4) is 0 Å². The predicted molar refractivity (Wildman–Crippen MR) is 104 cm³/mol. The minimum Gasteiger partial charge on any atom is -0.448 e. The van der Waals surface area contributed by atoms with Gasteiger partial charge in [-0.25, -0.2) is 4.98 Å². The number of nitrogens with one attached hydrogen (secondary N) is 1. The Morgan fingerprint density at radius 1 is 1.19 bits per heavy atom. The lowest BCUT2D eigenvalue weighted by Gasteiger charge is -2.09. The maximum Gasteiger partial charge on any atom is 0.297 e. The number of aryl methyl sites for hydroxylation is 2. The summed E-state index contributed by atoms with van der Waals surface area (Å²) >= 11 is 0. The van der Waals surface area contributed by atoms with Crippen molar-refractivity contribution in [1.82, 2.24) is 14.9 Å². The molecule has 0 bridgehead atoms. The molecule has 2 aromatic carbocycles. The molecule has 27 heavy (non-hydrogen) atoms. The first kappa shape index (κ1) is 17.0. The highest BCUT2D eigenvalue weighted by molar-refractivity contribution is 6.01. The fraction of sp³-hybridized carbons (Fsp3) is 0.190. The number of benzene rings is 2. The van der Waals surface area contributed by atoms with Crippen molar-refractivity contribution in [2.75, 3.05) is 0 Å². The molecule has 4 aromatic rings. The molecule has 136 valence electrons. The highest BCUT2D eigenvalue weighted by Crippen LogP contribution is 2.23. The first-order valence-electron chi connectivity index (χ1n) is 8.72. The maximum atomic E-state index is 12.6. The molecule has 1 N–H and O–H groups in total. The number of nitrogens with zero attached hydrogens (tertiary/aromatic N) is 2. The second kappa shape index (κ2) is 6.72. The van der Waals surface area contributed by atoms with Crippen molar-refractivity contribution in [3.63, 3.8) is 0 Å². The Labute approximate surface area is 155 Å². The number of fused-ring (bicyclic) bond motifs is 3. The van der Waals surface area contributed by atoms with Crippen LogP contribution in [0.5, 0.6) is 0 Å². The van der Waals surface area contributed by atoms with Gasteiger partial charge in [-0.3, -0.25) is 14.2 Å². The van der Waals surface area contributed by atoms with Crippen molar-refractivity contribution in [3.05, 3.63) is 75.8 Å². The lowest BCUT2D eigenvalue weighted by Crippen LogP contribution is -2.32. The molecule has 0 radical (unpaired) electrons. The van der Waals surface area contributed by atoms with Gasteiger partial charge in [0.2, 0.25) is 11.5 Å². The van der Waals surface area contributed by atoms with E-state index >= 15 is 0 Å². The van der Waals surface area contributed by atoms with Crippen LogP contribution < -0.4 is 10.9 Å². The van der Waals surface area contributed by atoms with Gasteiger partial charge >= 0.3 is 0 Å². The van der Waals surface area contributed by atoms with Gasteiger partial charge in [-0.05, 0) is 37.1 Å². The van der Waals surface area contributed by atoms with Crippen LogP contribution in [0.25, 0.3) is 22.1 Å². The molecule has 2 heterocycles. The van der Waals surface area contributed by atoms with Crippen LogP contribution in [0, 0.1) is 13.8 Å². The van der Waals surface area contributed by atoms with Gasteiger partial charge in [-0.1, -0.05) is 35.9 Å². The minimum absolute atomic E-state index is 0.107. The fourth-order valence-corrected chi connectivity index (χ4v) is 3.18. The number of para-hydroxylation sites is 1. The largest absolute Gasteiger partial charge is 0.448 e. The molecule has 0 aliphatic carbocycles.